The molecule has 1 amide bonds. The van der Waals surface area contributed by atoms with Crippen LogP contribution in [0.1, 0.15) is 30.5 Å². The quantitative estimate of drug-likeness (QED) is 0.406. The first-order valence-electron chi connectivity index (χ1n) is 12.8. The molecule has 198 valence electrons. The van der Waals surface area contributed by atoms with E-state index in [1.807, 2.05) is 24.3 Å². The van der Waals surface area contributed by atoms with Gasteiger partial charge in [0.2, 0.25) is 5.91 Å². The molecule has 0 spiro atoms. The molecule has 2 saturated heterocycles. The van der Waals surface area contributed by atoms with Gasteiger partial charge in [-0.15, -0.1) is 5.10 Å². The number of halogens is 1. The molecule has 3 aromatic rings. The molecule has 11 heteroatoms. The molecule has 0 unspecified atom stereocenters. The number of hydrogen-bond acceptors (Lipinski definition) is 8. The Labute approximate surface area is 227 Å². The third kappa shape index (κ3) is 5.30. The van der Waals surface area contributed by atoms with Crippen molar-refractivity contribution in [2.24, 2.45) is 0 Å². The number of fused-ring (bicyclic) bond motifs is 1. The Morgan fingerprint density at radius 2 is 2.13 bits per heavy atom. The number of nitriles is 1. The lowest BCUT2D eigenvalue weighted by Crippen LogP contribution is -2.55. The number of rotatable bonds is 8. The zero-order valence-corrected chi connectivity index (χ0v) is 22.2. The van der Waals surface area contributed by atoms with E-state index in [1.165, 1.54) is 6.08 Å². The van der Waals surface area contributed by atoms with Gasteiger partial charge < -0.3 is 19.4 Å². The van der Waals surface area contributed by atoms with Gasteiger partial charge in [0.1, 0.15) is 6.61 Å². The van der Waals surface area contributed by atoms with E-state index in [2.05, 4.69) is 34.5 Å². The lowest BCUT2D eigenvalue weighted by Gasteiger charge is -2.40. The highest BCUT2D eigenvalue weighted by Gasteiger charge is 2.32. The predicted molar refractivity (Wildman–Crippen MR) is 144 cm³/mol. The summed E-state index contributed by atoms with van der Waals surface area (Å²) in [6.45, 7) is 6.58. The van der Waals surface area contributed by atoms with Gasteiger partial charge in [-0.2, -0.15) is 10.2 Å². The van der Waals surface area contributed by atoms with Crippen LogP contribution in [0.4, 0.5) is 5.82 Å². The average Bonchev–Trinajstić information content (AvgIpc) is 3.53. The minimum Gasteiger partial charge on any atom is -0.461 e. The summed E-state index contributed by atoms with van der Waals surface area (Å²) >= 11 is 6.44. The van der Waals surface area contributed by atoms with Crippen LogP contribution in [-0.2, 0) is 11.2 Å². The second-order valence-electron chi connectivity index (χ2n) is 9.76. The molecule has 38 heavy (non-hydrogen) atoms. The monoisotopic (exact) mass is 534 g/mol. The Balaban J connectivity index is 1.50. The van der Waals surface area contributed by atoms with Crippen LogP contribution in [0.15, 0.2) is 43.1 Å². The van der Waals surface area contributed by atoms with E-state index in [0.717, 1.165) is 30.6 Å². The highest BCUT2D eigenvalue weighted by Crippen LogP contribution is 2.27. The van der Waals surface area contributed by atoms with Crippen LogP contribution in [0.2, 0.25) is 5.02 Å². The first-order chi connectivity index (χ1) is 18.5. The maximum atomic E-state index is 12.4. The van der Waals surface area contributed by atoms with Crippen molar-refractivity contribution in [3.63, 3.8) is 0 Å². The third-order valence-corrected chi connectivity index (χ3v) is 7.74. The lowest BCUT2D eigenvalue weighted by atomic mass is 10.1. The van der Waals surface area contributed by atoms with Crippen molar-refractivity contribution in [1.82, 2.24) is 29.4 Å². The number of likely N-dealkylation sites (N-methyl/N-ethyl adjacent to an activating group) is 1. The smallest absolute Gasteiger partial charge is 0.336 e. The molecular weight excluding hydrogens is 504 g/mol. The molecule has 10 nitrogen and oxygen atoms in total. The number of aromatic nitrogens is 4. The first kappa shape index (κ1) is 25.9. The third-order valence-electron chi connectivity index (χ3n) is 7.37. The van der Waals surface area contributed by atoms with E-state index >= 15 is 0 Å². The maximum absolute atomic E-state index is 12.4. The van der Waals surface area contributed by atoms with E-state index in [1.54, 1.807) is 15.6 Å². The summed E-state index contributed by atoms with van der Waals surface area (Å²) < 4.78 is 7.93. The van der Waals surface area contributed by atoms with Crippen LogP contribution >= 0.6 is 11.6 Å². The lowest BCUT2D eigenvalue weighted by molar-refractivity contribution is -0.128. The van der Waals surface area contributed by atoms with Gasteiger partial charge in [-0.05, 0) is 44.1 Å². The van der Waals surface area contributed by atoms with Gasteiger partial charge in [-0.25, -0.2) is 9.50 Å². The molecule has 2 atom stereocenters. The molecule has 0 bridgehead atoms. The summed E-state index contributed by atoms with van der Waals surface area (Å²) in [5.74, 6) is 0.444. The highest BCUT2D eigenvalue weighted by atomic mass is 35.5. The van der Waals surface area contributed by atoms with E-state index in [-0.39, 0.29) is 24.4 Å². The van der Waals surface area contributed by atoms with Crippen molar-refractivity contribution in [1.29, 1.82) is 5.26 Å². The topological polar surface area (TPSA) is 103 Å². The highest BCUT2D eigenvalue weighted by molar-refractivity contribution is 6.31. The number of imidazole rings is 1. The number of benzene rings is 1. The Kier molecular flexibility index (Phi) is 7.77. The first-order valence-corrected chi connectivity index (χ1v) is 13.2. The van der Waals surface area contributed by atoms with Crippen LogP contribution in [0.3, 0.4) is 0 Å². The van der Waals surface area contributed by atoms with Gasteiger partial charge in [0.05, 0.1) is 30.4 Å². The van der Waals surface area contributed by atoms with E-state index < -0.39 is 0 Å². The van der Waals surface area contributed by atoms with E-state index in [0.29, 0.717) is 55.2 Å². The molecule has 2 aliphatic heterocycles. The van der Waals surface area contributed by atoms with Gasteiger partial charge in [0.25, 0.3) is 0 Å². The Morgan fingerprint density at radius 3 is 2.87 bits per heavy atom. The van der Waals surface area contributed by atoms with Crippen molar-refractivity contribution >= 4 is 29.0 Å². The van der Waals surface area contributed by atoms with Crippen LogP contribution in [0, 0.1) is 11.3 Å². The Hall–Kier alpha value is -3.68. The fraction of sp³-hybridized carbons (Fsp3) is 0.444. The number of carbonyl (C=O) groups is 1. The number of hydrogen-bond donors (Lipinski definition) is 0. The molecular formula is C27H31ClN8O2. The summed E-state index contributed by atoms with van der Waals surface area (Å²) in [6.07, 6.45) is 6.05. The van der Waals surface area contributed by atoms with Crippen LogP contribution in [0.25, 0.3) is 5.65 Å². The zero-order chi connectivity index (χ0) is 26.6. The molecule has 0 radical (unpaired) electrons. The number of likely N-dealkylation sites (tertiary alicyclic amines) is 1. The fourth-order valence-corrected chi connectivity index (χ4v) is 5.42. The standard InChI is InChI=1S/C27H31ClN8O2/c1-3-24(37)35-14-13-34(17-20(35)10-11-29)26-25-30-16-22(15-19-7-4-5-9-23(19)28)36(25)32-27(31-26)38-18-21-8-6-12-33(21)2/h3-5,7,9,16,20-21H,1,6,8,10,12-15,17-18H2,2H3/t20-,21-/m0/s1. The minimum absolute atomic E-state index is 0.176. The molecule has 4 heterocycles. The van der Waals surface area contributed by atoms with Gasteiger partial charge in [-0.1, -0.05) is 36.4 Å². The van der Waals surface area contributed by atoms with Crippen LogP contribution in [0.5, 0.6) is 6.01 Å². The van der Waals surface area contributed by atoms with E-state index in [9.17, 15) is 10.1 Å². The molecule has 5 rings (SSSR count). The van der Waals surface area contributed by atoms with Gasteiger partial charge in [0.15, 0.2) is 11.5 Å². The summed E-state index contributed by atoms with van der Waals surface area (Å²) in [5.41, 5.74) is 2.42. The predicted octanol–water partition coefficient (Wildman–Crippen LogP) is 2.96. The number of carbonyl (C=O) groups excluding carboxylic acids is 1. The van der Waals surface area contributed by atoms with Gasteiger partial charge in [0, 0.05) is 37.1 Å². The van der Waals surface area contributed by atoms with Crippen LogP contribution in [-0.4, -0.2) is 87.2 Å². The van der Waals surface area contributed by atoms with E-state index in [4.69, 9.17) is 26.4 Å². The molecule has 0 aliphatic carbocycles. The average molecular weight is 535 g/mol. The van der Waals surface area contributed by atoms with Crippen LogP contribution < -0.4 is 9.64 Å². The van der Waals surface area contributed by atoms with Crippen molar-refractivity contribution in [3.05, 3.63) is 59.4 Å². The Bertz CT molecular complexity index is 1370. The zero-order valence-electron chi connectivity index (χ0n) is 21.5. The Morgan fingerprint density at radius 1 is 1.29 bits per heavy atom. The molecule has 2 aliphatic rings. The number of anilines is 1. The van der Waals surface area contributed by atoms with Gasteiger partial charge in [-0.3, -0.25) is 4.79 Å². The molecule has 0 N–H and O–H groups in total. The normalized spacial score (nSPS) is 20.0. The number of amides is 1. The summed E-state index contributed by atoms with van der Waals surface area (Å²) in [6, 6.07) is 10.2. The summed E-state index contributed by atoms with van der Waals surface area (Å²) in [7, 11) is 2.10. The minimum atomic E-state index is -0.289. The number of ether oxygens (including phenoxy) is 1. The summed E-state index contributed by atoms with van der Waals surface area (Å²) in [5, 5.41) is 14.8. The molecule has 0 saturated carbocycles. The van der Waals surface area contributed by atoms with Crippen molar-refractivity contribution in [2.75, 3.05) is 44.7 Å². The molecule has 2 aromatic heterocycles. The number of piperazine rings is 1. The maximum Gasteiger partial charge on any atom is 0.336 e. The molecule has 1 aromatic carbocycles. The fourth-order valence-electron chi connectivity index (χ4n) is 5.22. The van der Waals surface area contributed by atoms with Crippen molar-refractivity contribution in [2.45, 2.75) is 37.8 Å². The molecule has 2 fully saturated rings. The second kappa shape index (κ2) is 11.4. The van der Waals surface area contributed by atoms with Crippen molar-refractivity contribution in [3.8, 4) is 12.1 Å². The number of nitrogens with zero attached hydrogens (tertiary/aromatic N) is 8. The SMILES string of the molecule is C=CC(=O)N1CCN(c2nc(OC[C@@H]3CCCN3C)nn3c(Cc4ccccc4Cl)cnc23)C[C@@H]1CC#N. The summed E-state index contributed by atoms with van der Waals surface area (Å²) in [4.78, 5) is 27.9. The van der Waals surface area contributed by atoms with Crippen molar-refractivity contribution < 1.29 is 9.53 Å². The largest absolute Gasteiger partial charge is 0.461 e. The second-order valence-corrected chi connectivity index (χ2v) is 10.2. The van der Waals surface area contributed by atoms with Gasteiger partial charge >= 0.3 is 6.01 Å².